The lowest BCUT2D eigenvalue weighted by Crippen LogP contribution is -2.00. The molecule has 1 aromatic carbocycles. The van der Waals surface area contributed by atoms with Crippen LogP contribution in [0.3, 0.4) is 0 Å². The zero-order valence-corrected chi connectivity index (χ0v) is 10.7. The van der Waals surface area contributed by atoms with Gasteiger partial charge in [-0.1, -0.05) is 46.4 Å². The highest BCUT2D eigenvalue weighted by molar-refractivity contribution is 6.52. The van der Waals surface area contributed by atoms with Crippen LogP contribution in [0, 0.1) is 0 Å². The van der Waals surface area contributed by atoms with Crippen LogP contribution in [0.15, 0.2) is 0 Å². The number of hydrogen-bond acceptors (Lipinski definition) is 1. The Morgan fingerprint density at radius 3 is 1.43 bits per heavy atom. The SMILES string of the molecule is Cl.Clc1c(Cl)c(Cl)c2c(c1Cl)CNC2. The van der Waals surface area contributed by atoms with Crippen LogP contribution in [-0.2, 0) is 13.1 Å². The van der Waals surface area contributed by atoms with Gasteiger partial charge in [0.1, 0.15) is 0 Å². The Labute approximate surface area is 108 Å². The van der Waals surface area contributed by atoms with E-state index >= 15 is 0 Å². The molecule has 0 aliphatic carbocycles. The fourth-order valence-corrected chi connectivity index (χ4v) is 2.47. The van der Waals surface area contributed by atoms with E-state index in [1.54, 1.807) is 0 Å². The van der Waals surface area contributed by atoms with E-state index in [-0.39, 0.29) is 12.4 Å². The second-order valence-corrected chi connectivity index (χ2v) is 4.33. The Hall–Kier alpha value is 0.630. The molecule has 1 heterocycles. The Balaban J connectivity index is 0.000000980. The lowest BCUT2D eigenvalue weighted by atomic mass is 10.1. The smallest absolute Gasteiger partial charge is 0.0797 e. The molecule has 1 aliphatic heterocycles. The second-order valence-electron chi connectivity index (χ2n) is 2.82. The van der Waals surface area contributed by atoms with E-state index in [0.29, 0.717) is 33.2 Å². The van der Waals surface area contributed by atoms with E-state index in [4.69, 9.17) is 46.4 Å². The lowest BCUT2D eigenvalue weighted by molar-refractivity contribution is 0.765. The molecule has 0 atom stereocenters. The zero-order chi connectivity index (χ0) is 9.59. The third-order valence-corrected chi connectivity index (χ3v) is 3.96. The average molecular weight is 293 g/mol. The van der Waals surface area contributed by atoms with Gasteiger partial charge in [-0.05, 0) is 11.1 Å². The van der Waals surface area contributed by atoms with Crippen molar-refractivity contribution in [2.24, 2.45) is 0 Å². The van der Waals surface area contributed by atoms with Gasteiger partial charge < -0.3 is 5.32 Å². The van der Waals surface area contributed by atoms with Gasteiger partial charge in [-0.15, -0.1) is 12.4 Å². The molecule has 1 nitrogen and oxygen atoms in total. The highest BCUT2D eigenvalue weighted by Gasteiger charge is 2.22. The number of halogens is 5. The molecule has 1 N–H and O–H groups in total. The van der Waals surface area contributed by atoms with Gasteiger partial charge in [0.05, 0.1) is 20.1 Å². The van der Waals surface area contributed by atoms with E-state index in [1.165, 1.54) is 0 Å². The van der Waals surface area contributed by atoms with Crippen molar-refractivity contribution in [3.8, 4) is 0 Å². The maximum absolute atomic E-state index is 6.00. The minimum absolute atomic E-state index is 0. The molecule has 2 rings (SSSR count). The minimum Gasteiger partial charge on any atom is -0.308 e. The molecule has 6 heteroatoms. The minimum atomic E-state index is 0. The van der Waals surface area contributed by atoms with Gasteiger partial charge in [0.25, 0.3) is 0 Å². The Morgan fingerprint density at radius 2 is 1.07 bits per heavy atom. The predicted molar refractivity (Wildman–Crippen MR) is 64.3 cm³/mol. The maximum Gasteiger partial charge on any atom is 0.0797 e. The van der Waals surface area contributed by atoms with Gasteiger partial charge in [0.2, 0.25) is 0 Å². The molecule has 0 unspecified atom stereocenters. The number of hydrogen-bond donors (Lipinski definition) is 1. The highest BCUT2D eigenvalue weighted by Crippen LogP contribution is 2.42. The molecule has 0 aromatic heterocycles. The maximum atomic E-state index is 6.00. The van der Waals surface area contributed by atoms with E-state index in [1.807, 2.05) is 0 Å². The fraction of sp³-hybridized carbons (Fsp3) is 0.250. The first-order chi connectivity index (χ1) is 6.13. The summed E-state index contributed by atoms with van der Waals surface area (Å²) in [6.07, 6.45) is 0. The largest absolute Gasteiger partial charge is 0.308 e. The van der Waals surface area contributed by atoms with Crippen molar-refractivity contribution in [3.05, 3.63) is 31.2 Å². The van der Waals surface area contributed by atoms with Crippen LogP contribution < -0.4 is 5.32 Å². The van der Waals surface area contributed by atoms with Gasteiger partial charge in [-0.25, -0.2) is 0 Å². The van der Waals surface area contributed by atoms with Crippen molar-refractivity contribution >= 4 is 58.8 Å². The molecule has 0 bridgehead atoms. The first kappa shape index (κ1) is 12.7. The first-order valence-electron chi connectivity index (χ1n) is 3.67. The number of benzene rings is 1. The van der Waals surface area contributed by atoms with E-state index in [2.05, 4.69) is 5.32 Å². The fourth-order valence-electron chi connectivity index (χ4n) is 1.40. The second kappa shape index (κ2) is 4.65. The highest BCUT2D eigenvalue weighted by atomic mass is 35.5. The third-order valence-electron chi connectivity index (χ3n) is 2.08. The van der Waals surface area contributed by atoms with Gasteiger partial charge >= 0.3 is 0 Å². The van der Waals surface area contributed by atoms with Crippen LogP contribution in [0.25, 0.3) is 0 Å². The molecule has 0 amide bonds. The normalized spacial score (nSPS) is 13.7. The van der Waals surface area contributed by atoms with Crippen molar-refractivity contribution in [2.45, 2.75) is 13.1 Å². The van der Waals surface area contributed by atoms with Gasteiger partial charge in [0.15, 0.2) is 0 Å². The van der Waals surface area contributed by atoms with Crippen molar-refractivity contribution in [1.82, 2.24) is 5.32 Å². The molecule has 0 saturated heterocycles. The molecule has 0 fully saturated rings. The summed E-state index contributed by atoms with van der Waals surface area (Å²) in [5.74, 6) is 0. The summed E-state index contributed by atoms with van der Waals surface area (Å²) in [4.78, 5) is 0. The molecular weight excluding hydrogens is 287 g/mol. The Morgan fingerprint density at radius 1 is 0.714 bits per heavy atom. The average Bonchev–Trinajstić information content (AvgIpc) is 2.59. The van der Waals surface area contributed by atoms with Crippen LogP contribution in [0.1, 0.15) is 11.1 Å². The Kier molecular flexibility index (Phi) is 4.22. The molecule has 14 heavy (non-hydrogen) atoms. The Bertz CT molecular complexity index is 342. The van der Waals surface area contributed by atoms with Crippen molar-refractivity contribution in [1.29, 1.82) is 0 Å². The van der Waals surface area contributed by atoms with Crippen LogP contribution in [0.2, 0.25) is 20.1 Å². The lowest BCUT2D eigenvalue weighted by Gasteiger charge is -2.08. The van der Waals surface area contributed by atoms with Gasteiger partial charge in [0, 0.05) is 13.1 Å². The summed E-state index contributed by atoms with van der Waals surface area (Å²) in [6.45, 7) is 1.40. The molecule has 0 spiro atoms. The quantitative estimate of drug-likeness (QED) is 0.555. The summed E-state index contributed by atoms with van der Waals surface area (Å²) in [6, 6.07) is 0. The van der Waals surface area contributed by atoms with Crippen molar-refractivity contribution < 1.29 is 0 Å². The zero-order valence-electron chi connectivity index (χ0n) is 6.83. The summed E-state index contributed by atoms with van der Waals surface area (Å²) in [5, 5.41) is 4.84. The van der Waals surface area contributed by atoms with Crippen LogP contribution in [0.4, 0.5) is 0 Å². The molecule has 1 aromatic rings. The monoisotopic (exact) mass is 291 g/mol. The van der Waals surface area contributed by atoms with Crippen LogP contribution in [-0.4, -0.2) is 0 Å². The summed E-state index contributed by atoms with van der Waals surface area (Å²) < 4.78 is 0. The predicted octanol–water partition coefficient (Wildman–Crippen LogP) is 4.33. The van der Waals surface area contributed by atoms with E-state index < -0.39 is 0 Å². The van der Waals surface area contributed by atoms with Gasteiger partial charge in [-0.3, -0.25) is 0 Å². The number of fused-ring (bicyclic) bond motifs is 1. The summed E-state index contributed by atoms with van der Waals surface area (Å²) in [7, 11) is 0. The van der Waals surface area contributed by atoms with E-state index in [0.717, 1.165) is 11.1 Å². The molecular formula is C8H6Cl5N. The number of rotatable bonds is 0. The molecule has 1 aliphatic rings. The topological polar surface area (TPSA) is 12.0 Å². The van der Waals surface area contributed by atoms with Crippen molar-refractivity contribution in [3.63, 3.8) is 0 Å². The molecule has 0 saturated carbocycles. The third kappa shape index (κ3) is 1.82. The molecule has 78 valence electrons. The van der Waals surface area contributed by atoms with Crippen LogP contribution >= 0.6 is 58.8 Å². The summed E-state index contributed by atoms with van der Waals surface area (Å²) >= 11 is 23.8. The number of nitrogens with one attached hydrogen (secondary N) is 1. The standard InChI is InChI=1S/C8H5Cl4N.ClH/c9-5-3-1-13-2-4(3)6(10)8(12)7(5)11;/h13H,1-2H2;1H. The van der Waals surface area contributed by atoms with Crippen molar-refractivity contribution in [2.75, 3.05) is 0 Å². The molecule has 0 radical (unpaired) electrons. The van der Waals surface area contributed by atoms with E-state index in [9.17, 15) is 0 Å². The van der Waals surface area contributed by atoms with Gasteiger partial charge in [-0.2, -0.15) is 0 Å². The van der Waals surface area contributed by atoms with Crippen LogP contribution in [0.5, 0.6) is 0 Å². The first-order valence-corrected chi connectivity index (χ1v) is 5.18. The summed E-state index contributed by atoms with van der Waals surface area (Å²) in [5.41, 5.74) is 1.92.